The van der Waals surface area contributed by atoms with Gasteiger partial charge in [0, 0.05) is 12.6 Å². The van der Waals surface area contributed by atoms with Gasteiger partial charge in [-0.1, -0.05) is 40.5 Å². The molecule has 2 aliphatic carbocycles. The van der Waals surface area contributed by atoms with E-state index in [2.05, 4.69) is 32.6 Å². The van der Waals surface area contributed by atoms with Gasteiger partial charge in [-0.05, 0) is 55.9 Å². The molecule has 2 fully saturated rings. The smallest absolute Gasteiger partial charge is 0.0631 e. The maximum atomic E-state index is 10.6. The third kappa shape index (κ3) is 3.98. The van der Waals surface area contributed by atoms with Crippen LogP contribution in [0.4, 0.5) is 0 Å². The van der Waals surface area contributed by atoms with E-state index < -0.39 is 0 Å². The number of nitrogens with zero attached hydrogens (tertiary/aromatic N) is 1. The van der Waals surface area contributed by atoms with Crippen molar-refractivity contribution in [3.8, 4) is 0 Å². The molecule has 118 valence electrons. The van der Waals surface area contributed by atoms with Crippen LogP contribution in [-0.4, -0.2) is 35.2 Å². The SMILES string of the molecule is CC(C)CCN(CC1CCC(C)(C)C1O)C1CCCC1. The van der Waals surface area contributed by atoms with Crippen molar-refractivity contribution in [1.82, 2.24) is 4.90 Å². The van der Waals surface area contributed by atoms with Gasteiger partial charge in [-0.15, -0.1) is 0 Å². The van der Waals surface area contributed by atoms with Crippen LogP contribution in [-0.2, 0) is 0 Å². The largest absolute Gasteiger partial charge is 0.392 e. The van der Waals surface area contributed by atoms with Crippen LogP contribution in [0.25, 0.3) is 0 Å². The van der Waals surface area contributed by atoms with Crippen molar-refractivity contribution in [1.29, 1.82) is 0 Å². The predicted octanol–water partition coefficient (Wildman–Crippen LogP) is 4.07. The second kappa shape index (κ2) is 6.79. The van der Waals surface area contributed by atoms with E-state index in [-0.39, 0.29) is 11.5 Å². The van der Waals surface area contributed by atoms with Crippen molar-refractivity contribution in [2.75, 3.05) is 13.1 Å². The first kappa shape index (κ1) is 16.3. The third-order valence-corrected chi connectivity index (χ3v) is 5.71. The molecule has 0 aliphatic heterocycles. The van der Waals surface area contributed by atoms with Gasteiger partial charge in [-0.2, -0.15) is 0 Å². The molecule has 1 N–H and O–H groups in total. The quantitative estimate of drug-likeness (QED) is 0.793. The Hall–Kier alpha value is -0.0800. The zero-order chi connectivity index (χ0) is 14.8. The Balaban J connectivity index is 1.93. The summed E-state index contributed by atoms with van der Waals surface area (Å²) in [6.45, 7) is 11.5. The van der Waals surface area contributed by atoms with E-state index in [1.54, 1.807) is 0 Å². The van der Waals surface area contributed by atoms with E-state index in [1.165, 1.54) is 51.5 Å². The lowest BCUT2D eigenvalue weighted by atomic mass is 9.87. The first-order chi connectivity index (χ1) is 9.40. The number of hydrogen-bond donors (Lipinski definition) is 1. The van der Waals surface area contributed by atoms with Crippen LogP contribution in [0.3, 0.4) is 0 Å². The first-order valence-corrected chi connectivity index (χ1v) is 8.82. The Labute approximate surface area is 125 Å². The molecule has 20 heavy (non-hydrogen) atoms. The molecule has 2 aliphatic rings. The second-order valence-electron chi connectivity index (χ2n) is 8.35. The molecule has 2 rings (SSSR count). The number of aliphatic hydroxyl groups excluding tert-OH is 1. The molecule has 0 aromatic rings. The molecule has 0 aromatic heterocycles. The van der Waals surface area contributed by atoms with Gasteiger partial charge in [0.1, 0.15) is 0 Å². The fraction of sp³-hybridized carbons (Fsp3) is 1.00. The predicted molar refractivity (Wildman–Crippen MR) is 85.8 cm³/mol. The van der Waals surface area contributed by atoms with Crippen LogP contribution in [0.1, 0.15) is 72.6 Å². The van der Waals surface area contributed by atoms with Crippen molar-refractivity contribution in [2.24, 2.45) is 17.3 Å². The van der Waals surface area contributed by atoms with Crippen molar-refractivity contribution >= 4 is 0 Å². The van der Waals surface area contributed by atoms with Crippen LogP contribution in [0.15, 0.2) is 0 Å². The Morgan fingerprint density at radius 2 is 1.80 bits per heavy atom. The molecule has 0 heterocycles. The van der Waals surface area contributed by atoms with Gasteiger partial charge in [0.05, 0.1) is 6.10 Å². The van der Waals surface area contributed by atoms with Crippen LogP contribution >= 0.6 is 0 Å². The summed E-state index contributed by atoms with van der Waals surface area (Å²) in [5, 5.41) is 10.6. The number of hydrogen-bond acceptors (Lipinski definition) is 2. The molecule has 0 radical (unpaired) electrons. The molecule has 2 nitrogen and oxygen atoms in total. The van der Waals surface area contributed by atoms with Crippen molar-refractivity contribution < 1.29 is 5.11 Å². The fourth-order valence-corrected chi connectivity index (χ4v) is 4.11. The second-order valence-corrected chi connectivity index (χ2v) is 8.35. The highest BCUT2D eigenvalue weighted by Crippen LogP contribution is 2.42. The van der Waals surface area contributed by atoms with Crippen molar-refractivity contribution in [2.45, 2.75) is 84.8 Å². The summed E-state index contributed by atoms with van der Waals surface area (Å²) in [6, 6.07) is 0.796. The molecule has 2 unspecified atom stereocenters. The fourth-order valence-electron chi connectivity index (χ4n) is 4.11. The number of aliphatic hydroxyl groups is 1. The van der Waals surface area contributed by atoms with Crippen LogP contribution in [0.2, 0.25) is 0 Å². The minimum Gasteiger partial charge on any atom is -0.392 e. The van der Waals surface area contributed by atoms with E-state index in [9.17, 15) is 5.11 Å². The average Bonchev–Trinajstić information content (AvgIpc) is 2.97. The normalized spacial score (nSPS) is 30.8. The summed E-state index contributed by atoms with van der Waals surface area (Å²) in [5.74, 6) is 1.28. The summed E-state index contributed by atoms with van der Waals surface area (Å²) < 4.78 is 0. The van der Waals surface area contributed by atoms with Gasteiger partial charge in [0.25, 0.3) is 0 Å². The summed E-state index contributed by atoms with van der Waals surface area (Å²) in [4.78, 5) is 2.72. The van der Waals surface area contributed by atoms with Crippen molar-refractivity contribution in [3.05, 3.63) is 0 Å². The average molecular weight is 281 g/mol. The Morgan fingerprint density at radius 3 is 2.30 bits per heavy atom. The van der Waals surface area contributed by atoms with Gasteiger partial charge in [0.2, 0.25) is 0 Å². The molecule has 2 heteroatoms. The Kier molecular flexibility index (Phi) is 5.53. The van der Waals surface area contributed by atoms with Gasteiger partial charge < -0.3 is 10.0 Å². The molecule has 0 amide bonds. The molecule has 0 spiro atoms. The van der Waals surface area contributed by atoms with Crippen LogP contribution in [0.5, 0.6) is 0 Å². The van der Waals surface area contributed by atoms with Gasteiger partial charge >= 0.3 is 0 Å². The molecule has 2 atom stereocenters. The summed E-state index contributed by atoms with van der Waals surface area (Å²) in [6.07, 6.45) is 9.14. The van der Waals surface area contributed by atoms with E-state index in [1.807, 2.05) is 0 Å². The Morgan fingerprint density at radius 1 is 1.15 bits per heavy atom. The summed E-state index contributed by atoms with van der Waals surface area (Å²) in [5.41, 5.74) is 0.129. The van der Waals surface area contributed by atoms with Crippen LogP contribution in [0, 0.1) is 17.3 Å². The highest BCUT2D eigenvalue weighted by molar-refractivity contribution is 4.93. The van der Waals surface area contributed by atoms with E-state index in [0.717, 1.165) is 18.5 Å². The van der Waals surface area contributed by atoms with Crippen LogP contribution < -0.4 is 0 Å². The lowest BCUT2D eigenvalue weighted by Crippen LogP contribution is -2.41. The highest BCUT2D eigenvalue weighted by Gasteiger charge is 2.41. The third-order valence-electron chi connectivity index (χ3n) is 5.71. The summed E-state index contributed by atoms with van der Waals surface area (Å²) >= 11 is 0. The first-order valence-electron chi connectivity index (χ1n) is 8.82. The standard InChI is InChI=1S/C18H35NO/c1-14(2)10-12-19(16-7-5-6-8-16)13-15-9-11-18(3,4)17(15)20/h14-17,20H,5-13H2,1-4H3. The molecule has 2 saturated carbocycles. The number of rotatable bonds is 6. The maximum Gasteiger partial charge on any atom is 0.0631 e. The molecule has 0 saturated heterocycles. The van der Waals surface area contributed by atoms with E-state index in [4.69, 9.17) is 0 Å². The minimum atomic E-state index is -0.106. The zero-order valence-electron chi connectivity index (χ0n) is 14.1. The maximum absolute atomic E-state index is 10.6. The lowest BCUT2D eigenvalue weighted by molar-refractivity contribution is 0.0257. The van der Waals surface area contributed by atoms with Gasteiger partial charge in [-0.3, -0.25) is 0 Å². The molecular weight excluding hydrogens is 246 g/mol. The molecule has 0 aromatic carbocycles. The minimum absolute atomic E-state index is 0.106. The van der Waals surface area contributed by atoms with Gasteiger partial charge in [-0.25, -0.2) is 0 Å². The monoisotopic (exact) mass is 281 g/mol. The molecular formula is C18H35NO. The molecule has 0 bridgehead atoms. The van der Waals surface area contributed by atoms with Gasteiger partial charge in [0.15, 0.2) is 0 Å². The van der Waals surface area contributed by atoms with E-state index in [0.29, 0.717) is 5.92 Å². The van der Waals surface area contributed by atoms with Crippen molar-refractivity contribution in [3.63, 3.8) is 0 Å². The summed E-state index contributed by atoms with van der Waals surface area (Å²) in [7, 11) is 0. The topological polar surface area (TPSA) is 23.5 Å². The van der Waals surface area contributed by atoms with E-state index >= 15 is 0 Å². The lowest BCUT2D eigenvalue weighted by Gasteiger charge is -2.34. The highest BCUT2D eigenvalue weighted by atomic mass is 16.3. The Bertz CT molecular complexity index is 294. The zero-order valence-corrected chi connectivity index (χ0v) is 14.1.